The van der Waals surface area contributed by atoms with Crippen molar-refractivity contribution in [1.82, 2.24) is 19.7 Å². The molecule has 3 heterocycles. The van der Waals surface area contributed by atoms with Crippen LogP contribution in [0.2, 0.25) is 0 Å². The van der Waals surface area contributed by atoms with E-state index in [2.05, 4.69) is 10.1 Å². The van der Waals surface area contributed by atoms with E-state index in [9.17, 15) is 4.79 Å². The third-order valence-electron chi connectivity index (χ3n) is 4.64. The number of methoxy groups -OCH3 is 1. The van der Waals surface area contributed by atoms with E-state index in [1.54, 1.807) is 18.0 Å². The van der Waals surface area contributed by atoms with Crippen molar-refractivity contribution in [3.8, 4) is 5.88 Å². The molecule has 1 aliphatic rings. The minimum Gasteiger partial charge on any atom is -0.481 e. The molecule has 1 fully saturated rings. The molecule has 2 aromatic heterocycles. The number of carbonyl (C=O) groups excluding carboxylic acids is 1. The molecule has 0 aliphatic carbocycles. The standard InChI is InChI=1S/C18H24N4O2/c1-12-7-8-14(11-19-12)10-16(23)22-9-5-6-15(22)17-13(2)20-21(3)18(17)24-4/h7-8,11,15H,5-6,9-10H2,1-4H3/t15-/m1/s1. The fourth-order valence-electron chi connectivity index (χ4n) is 3.52. The quantitative estimate of drug-likeness (QED) is 0.864. The van der Waals surface area contributed by atoms with Gasteiger partial charge in [0.2, 0.25) is 11.8 Å². The van der Waals surface area contributed by atoms with Crippen LogP contribution in [0.1, 0.15) is 41.4 Å². The fraction of sp³-hybridized carbons (Fsp3) is 0.500. The van der Waals surface area contributed by atoms with E-state index in [1.165, 1.54) is 0 Å². The molecule has 0 unspecified atom stereocenters. The second-order valence-corrected chi connectivity index (χ2v) is 6.36. The zero-order chi connectivity index (χ0) is 17.3. The highest BCUT2D eigenvalue weighted by Gasteiger charge is 2.34. The molecule has 0 aromatic carbocycles. The highest BCUT2D eigenvalue weighted by molar-refractivity contribution is 5.79. The van der Waals surface area contributed by atoms with Crippen LogP contribution >= 0.6 is 0 Å². The second kappa shape index (κ2) is 6.63. The Bertz CT molecular complexity index is 736. The van der Waals surface area contributed by atoms with Crippen molar-refractivity contribution in [2.45, 2.75) is 39.2 Å². The number of aryl methyl sites for hydroxylation is 3. The van der Waals surface area contributed by atoms with Crippen LogP contribution in [0.15, 0.2) is 18.3 Å². The maximum Gasteiger partial charge on any atom is 0.227 e. The van der Waals surface area contributed by atoms with Gasteiger partial charge in [-0.25, -0.2) is 4.68 Å². The average Bonchev–Trinajstić information content (AvgIpc) is 3.13. The molecule has 1 saturated heterocycles. The highest BCUT2D eigenvalue weighted by Crippen LogP contribution is 2.39. The first-order chi connectivity index (χ1) is 11.5. The topological polar surface area (TPSA) is 60.2 Å². The third-order valence-corrected chi connectivity index (χ3v) is 4.64. The molecule has 1 amide bonds. The van der Waals surface area contributed by atoms with Gasteiger partial charge in [-0.1, -0.05) is 6.07 Å². The van der Waals surface area contributed by atoms with Crippen molar-refractivity contribution >= 4 is 5.91 Å². The molecule has 1 aliphatic heterocycles. The summed E-state index contributed by atoms with van der Waals surface area (Å²) in [5.74, 6) is 0.877. The first-order valence-corrected chi connectivity index (χ1v) is 8.29. The minimum absolute atomic E-state index is 0.0413. The van der Waals surface area contributed by atoms with Gasteiger partial charge in [0.25, 0.3) is 0 Å². The predicted octanol–water partition coefficient (Wildman–Crippen LogP) is 2.35. The lowest BCUT2D eigenvalue weighted by Crippen LogP contribution is -2.32. The molecule has 6 heteroatoms. The van der Waals surface area contributed by atoms with E-state index in [0.29, 0.717) is 6.42 Å². The molecule has 2 aromatic rings. The van der Waals surface area contributed by atoms with Gasteiger partial charge in [0.05, 0.1) is 30.8 Å². The molecule has 6 nitrogen and oxygen atoms in total. The zero-order valence-electron chi connectivity index (χ0n) is 14.7. The second-order valence-electron chi connectivity index (χ2n) is 6.36. The van der Waals surface area contributed by atoms with Gasteiger partial charge in [0, 0.05) is 25.5 Å². The van der Waals surface area contributed by atoms with Crippen LogP contribution in [0, 0.1) is 13.8 Å². The Morgan fingerprint density at radius 1 is 1.38 bits per heavy atom. The Labute approximate surface area is 142 Å². The van der Waals surface area contributed by atoms with Crippen LogP contribution in [0.3, 0.4) is 0 Å². The maximum atomic E-state index is 12.8. The SMILES string of the molecule is COc1c([C@H]2CCCN2C(=O)Cc2ccc(C)nc2)c(C)nn1C. The Balaban J connectivity index is 1.83. The summed E-state index contributed by atoms with van der Waals surface area (Å²) >= 11 is 0. The summed E-state index contributed by atoms with van der Waals surface area (Å²) in [5, 5.41) is 4.46. The maximum absolute atomic E-state index is 12.8. The number of ether oxygens (including phenoxy) is 1. The lowest BCUT2D eigenvalue weighted by atomic mass is 10.0. The summed E-state index contributed by atoms with van der Waals surface area (Å²) < 4.78 is 7.27. The van der Waals surface area contributed by atoms with Crippen LogP contribution < -0.4 is 4.74 Å². The number of amides is 1. The number of rotatable bonds is 4. The number of carbonyl (C=O) groups is 1. The molecule has 0 radical (unpaired) electrons. The van der Waals surface area contributed by atoms with Gasteiger partial charge in [-0.2, -0.15) is 5.10 Å². The van der Waals surface area contributed by atoms with Crippen LogP contribution in [0.4, 0.5) is 0 Å². The fourth-order valence-corrected chi connectivity index (χ4v) is 3.52. The van der Waals surface area contributed by atoms with E-state index in [-0.39, 0.29) is 11.9 Å². The normalized spacial score (nSPS) is 17.3. The van der Waals surface area contributed by atoms with Gasteiger partial charge < -0.3 is 9.64 Å². The molecule has 1 atom stereocenters. The largest absolute Gasteiger partial charge is 0.481 e. The minimum atomic E-state index is 0.0413. The lowest BCUT2D eigenvalue weighted by molar-refractivity contribution is -0.131. The van der Waals surface area contributed by atoms with Gasteiger partial charge in [0.15, 0.2) is 0 Å². The molecule has 0 saturated carbocycles. The van der Waals surface area contributed by atoms with Crippen molar-refractivity contribution in [2.24, 2.45) is 7.05 Å². The Hall–Kier alpha value is -2.37. The lowest BCUT2D eigenvalue weighted by Gasteiger charge is -2.25. The number of aromatic nitrogens is 3. The molecule has 0 spiro atoms. The van der Waals surface area contributed by atoms with E-state index in [1.807, 2.05) is 37.9 Å². The van der Waals surface area contributed by atoms with Gasteiger partial charge in [-0.3, -0.25) is 9.78 Å². The predicted molar refractivity (Wildman–Crippen MR) is 90.9 cm³/mol. The molecule has 0 bridgehead atoms. The zero-order valence-corrected chi connectivity index (χ0v) is 14.7. The Kier molecular flexibility index (Phi) is 4.55. The average molecular weight is 328 g/mol. The van der Waals surface area contributed by atoms with Gasteiger partial charge in [0.1, 0.15) is 0 Å². The summed E-state index contributed by atoms with van der Waals surface area (Å²) in [6, 6.07) is 3.96. The van der Waals surface area contributed by atoms with E-state index >= 15 is 0 Å². The van der Waals surface area contributed by atoms with Crippen molar-refractivity contribution < 1.29 is 9.53 Å². The van der Waals surface area contributed by atoms with Crippen molar-refractivity contribution in [1.29, 1.82) is 0 Å². The van der Waals surface area contributed by atoms with E-state index in [0.717, 1.165) is 47.8 Å². The number of hydrogen-bond acceptors (Lipinski definition) is 4. The number of likely N-dealkylation sites (tertiary alicyclic amines) is 1. The Morgan fingerprint density at radius 2 is 2.17 bits per heavy atom. The first-order valence-electron chi connectivity index (χ1n) is 8.29. The van der Waals surface area contributed by atoms with Crippen molar-refractivity contribution in [3.63, 3.8) is 0 Å². The molecular formula is C18H24N4O2. The summed E-state index contributed by atoms with van der Waals surface area (Å²) in [6.07, 6.45) is 4.11. The smallest absolute Gasteiger partial charge is 0.227 e. The number of pyridine rings is 1. The molecule has 3 rings (SSSR count). The van der Waals surface area contributed by atoms with Crippen molar-refractivity contribution in [2.75, 3.05) is 13.7 Å². The molecule has 24 heavy (non-hydrogen) atoms. The molecule has 0 N–H and O–H groups in total. The van der Waals surface area contributed by atoms with Crippen LogP contribution in [-0.4, -0.2) is 39.2 Å². The molecular weight excluding hydrogens is 304 g/mol. The van der Waals surface area contributed by atoms with Crippen molar-refractivity contribution in [3.05, 3.63) is 40.8 Å². The van der Waals surface area contributed by atoms with Crippen LogP contribution in [0.5, 0.6) is 5.88 Å². The third kappa shape index (κ3) is 3.00. The van der Waals surface area contributed by atoms with Gasteiger partial charge >= 0.3 is 0 Å². The highest BCUT2D eigenvalue weighted by atomic mass is 16.5. The summed E-state index contributed by atoms with van der Waals surface area (Å²) in [5.41, 5.74) is 3.87. The first kappa shape index (κ1) is 16.5. The number of hydrogen-bond donors (Lipinski definition) is 0. The van der Waals surface area contributed by atoms with Crippen LogP contribution in [0.25, 0.3) is 0 Å². The molecule has 128 valence electrons. The Morgan fingerprint density at radius 3 is 2.83 bits per heavy atom. The van der Waals surface area contributed by atoms with Gasteiger partial charge in [-0.15, -0.1) is 0 Å². The van der Waals surface area contributed by atoms with Gasteiger partial charge in [-0.05, 0) is 38.3 Å². The summed E-state index contributed by atoms with van der Waals surface area (Å²) in [7, 11) is 3.52. The van der Waals surface area contributed by atoms with Crippen LogP contribution in [-0.2, 0) is 18.3 Å². The summed E-state index contributed by atoms with van der Waals surface area (Å²) in [4.78, 5) is 19.1. The number of nitrogens with zero attached hydrogens (tertiary/aromatic N) is 4. The van der Waals surface area contributed by atoms with E-state index in [4.69, 9.17) is 4.74 Å². The van der Waals surface area contributed by atoms with E-state index < -0.39 is 0 Å². The monoisotopic (exact) mass is 328 g/mol. The summed E-state index contributed by atoms with van der Waals surface area (Å²) in [6.45, 7) is 4.70.